The maximum absolute atomic E-state index is 9.67. The molecule has 0 radical (unpaired) electrons. The SMILES string of the molecule is [2H]C1(c2cc(Oc3cccc(-c4[c-]ccc(C(C)(C)C)c4)n3)nc(-c3[c-]c4ccccc4c(C(C)(C)C)c3)c2)CC[Si](C)(C)CC1.[Pt+2]. The molecule has 3 aromatic carbocycles. The van der Waals surface area contributed by atoms with Gasteiger partial charge in [-0.3, -0.25) is 9.97 Å². The number of hydrogen-bond donors (Lipinski definition) is 0. The van der Waals surface area contributed by atoms with Crippen LogP contribution in [0.25, 0.3) is 33.3 Å². The van der Waals surface area contributed by atoms with E-state index in [2.05, 4.69) is 115 Å². The first-order chi connectivity index (χ1) is 21.6. The van der Waals surface area contributed by atoms with Gasteiger partial charge in [0.15, 0.2) is 0 Å². The first-order valence-corrected chi connectivity index (χ1v) is 19.7. The molecule has 1 aliphatic heterocycles. The van der Waals surface area contributed by atoms with Gasteiger partial charge in [-0.05, 0) is 46.9 Å². The fourth-order valence-corrected chi connectivity index (χ4v) is 8.42. The van der Waals surface area contributed by atoms with Crippen LogP contribution in [0.15, 0.2) is 78.9 Å². The van der Waals surface area contributed by atoms with Crippen LogP contribution in [0.4, 0.5) is 0 Å². The Hall–Kier alpha value is -3.07. The molecule has 0 atom stereocenters. The summed E-state index contributed by atoms with van der Waals surface area (Å²) in [5.41, 5.74) is 6.82. The molecular weight excluding hydrogens is 760 g/mol. The van der Waals surface area contributed by atoms with Gasteiger partial charge in [-0.25, -0.2) is 0 Å². The smallest absolute Gasteiger partial charge is 0.422 e. The van der Waals surface area contributed by atoms with Crippen molar-refractivity contribution in [3.63, 3.8) is 0 Å². The number of benzene rings is 3. The van der Waals surface area contributed by atoms with E-state index in [0.717, 1.165) is 58.4 Å². The molecule has 2 aromatic heterocycles. The van der Waals surface area contributed by atoms with Gasteiger partial charge in [-0.2, -0.15) is 0 Å². The Bertz CT molecular complexity index is 1900. The van der Waals surface area contributed by atoms with E-state index in [9.17, 15) is 1.37 Å². The molecule has 46 heavy (non-hydrogen) atoms. The number of ether oxygens (including phenoxy) is 1. The summed E-state index contributed by atoms with van der Waals surface area (Å²) in [6.07, 6.45) is 1.72. The third-order valence-electron chi connectivity index (χ3n) is 9.15. The number of rotatable bonds is 5. The number of nitrogens with zero attached hydrogens (tertiary/aromatic N) is 2. The minimum Gasteiger partial charge on any atom is -0.422 e. The summed E-state index contributed by atoms with van der Waals surface area (Å²) in [4.78, 5) is 9.94. The maximum Gasteiger partial charge on any atom is 2.00 e. The Labute approximate surface area is 292 Å². The van der Waals surface area contributed by atoms with Crippen LogP contribution in [0.1, 0.15) is 78.3 Å². The molecule has 0 aliphatic carbocycles. The Morgan fingerprint density at radius 3 is 2.22 bits per heavy atom. The Morgan fingerprint density at radius 2 is 1.50 bits per heavy atom. The van der Waals surface area contributed by atoms with E-state index in [1.807, 2.05) is 30.3 Å². The zero-order valence-corrected chi connectivity index (χ0v) is 31.7. The molecule has 6 rings (SSSR count). The van der Waals surface area contributed by atoms with Crippen molar-refractivity contribution in [1.29, 1.82) is 0 Å². The molecule has 1 aliphatic rings. The van der Waals surface area contributed by atoms with Crippen LogP contribution in [-0.2, 0) is 31.9 Å². The van der Waals surface area contributed by atoms with E-state index in [-0.39, 0.29) is 31.9 Å². The van der Waals surface area contributed by atoms with E-state index in [1.165, 1.54) is 16.5 Å². The minimum atomic E-state index is -1.26. The maximum atomic E-state index is 9.67. The normalized spacial score (nSPS) is 16.4. The van der Waals surface area contributed by atoms with Crippen molar-refractivity contribution in [3.8, 4) is 34.3 Å². The van der Waals surface area contributed by atoms with E-state index in [1.54, 1.807) is 0 Å². The third kappa shape index (κ3) is 7.72. The summed E-state index contributed by atoms with van der Waals surface area (Å²) >= 11 is 0. The zero-order valence-electron chi connectivity index (χ0n) is 29.5. The van der Waals surface area contributed by atoms with Crippen LogP contribution in [-0.4, -0.2) is 18.0 Å². The van der Waals surface area contributed by atoms with Crippen molar-refractivity contribution in [2.45, 2.75) is 96.3 Å². The Morgan fingerprint density at radius 1 is 0.783 bits per heavy atom. The topological polar surface area (TPSA) is 35.0 Å². The van der Waals surface area contributed by atoms with Crippen molar-refractivity contribution in [1.82, 2.24) is 9.97 Å². The predicted molar refractivity (Wildman–Crippen MR) is 191 cm³/mol. The quantitative estimate of drug-likeness (QED) is 0.131. The second kappa shape index (κ2) is 13.2. The predicted octanol–water partition coefficient (Wildman–Crippen LogP) is 11.5. The van der Waals surface area contributed by atoms with Crippen molar-refractivity contribution in [3.05, 3.63) is 108 Å². The fourth-order valence-electron chi connectivity index (χ4n) is 6.22. The van der Waals surface area contributed by atoms with Gasteiger partial charge in [0.05, 0.1) is 0 Å². The van der Waals surface area contributed by atoms with Crippen molar-refractivity contribution in [2.75, 3.05) is 0 Å². The van der Waals surface area contributed by atoms with Gasteiger partial charge in [-0.1, -0.05) is 114 Å². The largest absolute Gasteiger partial charge is 2.00 e. The van der Waals surface area contributed by atoms with Gasteiger partial charge in [-0.15, -0.1) is 64.5 Å². The first kappa shape index (κ1) is 32.8. The summed E-state index contributed by atoms with van der Waals surface area (Å²) in [7, 11) is -1.26. The molecule has 5 aromatic rings. The molecule has 0 unspecified atom stereocenters. The number of pyridine rings is 2. The minimum absolute atomic E-state index is 0. The standard InChI is InChI=1S/C41H46N2OSi.Pt/c1-40(2,3)33-15-11-14-30(24-33)36-17-12-18-38(42-36)44-39-27-31(28-19-21-45(7,8)22-20-28)26-37(43-39)32-23-29-13-9-10-16-34(29)35(25-32)41(4,5)6;/h9-13,15-18,24-28H,19-22H2,1-8H3;/q-2;+2/i28D;. The van der Waals surface area contributed by atoms with Gasteiger partial charge in [0, 0.05) is 21.2 Å². The van der Waals surface area contributed by atoms with E-state index in [4.69, 9.17) is 14.7 Å². The second-order valence-corrected chi connectivity index (χ2v) is 20.8. The van der Waals surface area contributed by atoms with Gasteiger partial charge < -0.3 is 4.74 Å². The molecule has 0 amide bonds. The van der Waals surface area contributed by atoms with Crippen LogP contribution in [0.2, 0.25) is 25.2 Å². The summed E-state index contributed by atoms with van der Waals surface area (Å²) in [6.45, 7) is 18.3. The molecule has 1 saturated heterocycles. The van der Waals surface area contributed by atoms with Crippen molar-refractivity contribution >= 4 is 18.8 Å². The summed E-state index contributed by atoms with van der Waals surface area (Å²) in [6, 6.07) is 36.1. The van der Waals surface area contributed by atoms with Crippen molar-refractivity contribution in [2.24, 2.45) is 0 Å². The van der Waals surface area contributed by atoms with Crippen LogP contribution < -0.4 is 4.74 Å². The first-order valence-electron chi connectivity index (χ1n) is 16.8. The summed E-state index contributed by atoms with van der Waals surface area (Å²) < 4.78 is 16.2. The van der Waals surface area contributed by atoms with E-state index in [0.29, 0.717) is 11.8 Å². The summed E-state index contributed by atoms with van der Waals surface area (Å²) in [5, 5.41) is 2.27. The number of hydrogen-bond acceptors (Lipinski definition) is 3. The molecule has 3 heterocycles. The molecule has 0 N–H and O–H groups in total. The van der Waals surface area contributed by atoms with Crippen LogP contribution >= 0.6 is 0 Å². The monoisotopic (exact) mass is 806 g/mol. The molecule has 0 bridgehead atoms. The average molecular weight is 807 g/mol. The average Bonchev–Trinajstić information content (AvgIpc) is 3.01. The molecule has 240 valence electrons. The molecule has 0 spiro atoms. The van der Waals surface area contributed by atoms with Crippen LogP contribution in [0.3, 0.4) is 0 Å². The number of fused-ring (bicyclic) bond motifs is 1. The van der Waals surface area contributed by atoms with E-state index < -0.39 is 14.0 Å². The third-order valence-corrected chi connectivity index (χ3v) is 12.4. The van der Waals surface area contributed by atoms with Crippen LogP contribution in [0.5, 0.6) is 11.8 Å². The molecule has 3 nitrogen and oxygen atoms in total. The zero-order chi connectivity index (χ0) is 32.9. The van der Waals surface area contributed by atoms with Gasteiger partial charge in [0.2, 0.25) is 11.8 Å². The van der Waals surface area contributed by atoms with Gasteiger partial charge in [0.1, 0.15) is 0 Å². The van der Waals surface area contributed by atoms with E-state index >= 15 is 0 Å². The van der Waals surface area contributed by atoms with Gasteiger partial charge >= 0.3 is 21.1 Å². The van der Waals surface area contributed by atoms with Gasteiger partial charge in [0.25, 0.3) is 0 Å². The number of aromatic nitrogens is 2. The Kier molecular flexibility index (Phi) is 9.43. The summed E-state index contributed by atoms with van der Waals surface area (Å²) in [5.74, 6) is 0.244. The van der Waals surface area contributed by atoms with Crippen LogP contribution in [0, 0.1) is 12.1 Å². The fraction of sp³-hybridized carbons (Fsp3) is 0.366. The molecule has 0 saturated carbocycles. The molecule has 5 heteroatoms. The molecular formula is C41H46N2OPtSi. The van der Waals surface area contributed by atoms with Crippen molar-refractivity contribution < 1.29 is 27.2 Å². The second-order valence-electron chi connectivity index (χ2n) is 15.4. The Balaban J connectivity index is 0.00000433. The molecule has 1 fully saturated rings.